The minimum atomic E-state index is -0.204. The van der Waals surface area contributed by atoms with Gasteiger partial charge in [0.25, 0.3) is 5.91 Å². The number of carbonyl (C=O) groups excluding carboxylic acids is 1. The molecule has 21 heavy (non-hydrogen) atoms. The average molecular weight is 363 g/mol. The van der Waals surface area contributed by atoms with E-state index in [0.717, 1.165) is 15.6 Å². The maximum atomic E-state index is 12.4. The van der Waals surface area contributed by atoms with E-state index in [-0.39, 0.29) is 10.9 Å². The third-order valence-electron chi connectivity index (χ3n) is 3.14. The average Bonchev–Trinajstić information content (AvgIpc) is 2.37. The number of hydrogen-bond donors (Lipinski definition) is 2. The predicted molar refractivity (Wildman–Crippen MR) is 93.9 cm³/mol. The van der Waals surface area contributed by atoms with Gasteiger partial charge < -0.3 is 11.1 Å². The summed E-state index contributed by atoms with van der Waals surface area (Å²) >= 11 is 8.48. The molecule has 0 aliphatic heterocycles. The molecule has 108 valence electrons. The van der Waals surface area contributed by atoms with E-state index in [0.29, 0.717) is 16.8 Å². The fourth-order valence-electron chi connectivity index (χ4n) is 2.09. The summed E-state index contributed by atoms with van der Waals surface area (Å²) in [7, 11) is 0. The van der Waals surface area contributed by atoms with Crippen molar-refractivity contribution >= 4 is 44.7 Å². The first-order chi connectivity index (χ1) is 9.90. The van der Waals surface area contributed by atoms with Crippen LogP contribution in [0.15, 0.2) is 40.9 Å². The SMILES string of the molecule is Cc1ccc(C(=O)Nc2cccc(C)c2C(N)=S)c(Br)c1. The Hall–Kier alpha value is -1.72. The molecule has 0 heterocycles. The molecular formula is C16H15BrN2OS. The maximum absolute atomic E-state index is 12.4. The number of nitrogens with one attached hydrogen (secondary N) is 1. The first-order valence-electron chi connectivity index (χ1n) is 6.37. The van der Waals surface area contributed by atoms with Crippen molar-refractivity contribution in [3.05, 3.63) is 63.1 Å². The Morgan fingerprint density at radius 3 is 2.57 bits per heavy atom. The summed E-state index contributed by atoms with van der Waals surface area (Å²) < 4.78 is 0.754. The largest absolute Gasteiger partial charge is 0.389 e. The molecule has 0 aliphatic carbocycles. The fourth-order valence-corrected chi connectivity index (χ4v) is 3.04. The van der Waals surface area contributed by atoms with E-state index in [1.165, 1.54) is 0 Å². The Balaban J connectivity index is 2.36. The van der Waals surface area contributed by atoms with Crippen molar-refractivity contribution in [2.75, 3.05) is 5.32 Å². The Bertz CT molecular complexity index is 728. The quantitative estimate of drug-likeness (QED) is 0.812. The second-order valence-electron chi connectivity index (χ2n) is 4.80. The zero-order chi connectivity index (χ0) is 15.6. The van der Waals surface area contributed by atoms with Crippen molar-refractivity contribution in [2.24, 2.45) is 5.73 Å². The van der Waals surface area contributed by atoms with E-state index in [2.05, 4.69) is 21.2 Å². The molecule has 0 saturated carbocycles. The van der Waals surface area contributed by atoms with Gasteiger partial charge in [0.15, 0.2) is 0 Å². The Kier molecular flexibility index (Phi) is 4.75. The molecule has 3 N–H and O–H groups in total. The Labute approximate surface area is 137 Å². The maximum Gasteiger partial charge on any atom is 0.256 e. The summed E-state index contributed by atoms with van der Waals surface area (Å²) in [5.74, 6) is -0.204. The van der Waals surface area contributed by atoms with E-state index in [9.17, 15) is 4.79 Å². The zero-order valence-electron chi connectivity index (χ0n) is 11.7. The topological polar surface area (TPSA) is 55.1 Å². The number of thiocarbonyl (C=S) groups is 1. The first-order valence-corrected chi connectivity index (χ1v) is 7.57. The molecule has 0 atom stereocenters. The standard InChI is InChI=1S/C16H15BrN2OS/c1-9-6-7-11(12(17)8-9)16(20)19-13-5-3-4-10(2)14(13)15(18)21/h3-8H,1-2H3,(H2,18,21)(H,19,20). The number of anilines is 1. The van der Waals surface area contributed by atoms with Gasteiger partial charge in [0.2, 0.25) is 0 Å². The molecule has 0 bridgehead atoms. The molecular weight excluding hydrogens is 348 g/mol. The van der Waals surface area contributed by atoms with Crippen molar-refractivity contribution in [1.29, 1.82) is 0 Å². The molecule has 0 saturated heterocycles. The summed E-state index contributed by atoms with van der Waals surface area (Å²) in [6.07, 6.45) is 0. The van der Waals surface area contributed by atoms with Gasteiger partial charge in [0.1, 0.15) is 4.99 Å². The molecule has 0 radical (unpaired) electrons. The number of halogens is 1. The van der Waals surface area contributed by atoms with Crippen LogP contribution in [0.1, 0.15) is 27.0 Å². The highest BCUT2D eigenvalue weighted by molar-refractivity contribution is 9.10. The molecule has 0 fully saturated rings. The van der Waals surface area contributed by atoms with Crippen LogP contribution in [0.3, 0.4) is 0 Å². The van der Waals surface area contributed by atoms with Crippen LogP contribution in [0.4, 0.5) is 5.69 Å². The van der Waals surface area contributed by atoms with Crippen LogP contribution in [0.25, 0.3) is 0 Å². The van der Waals surface area contributed by atoms with E-state index >= 15 is 0 Å². The highest BCUT2D eigenvalue weighted by Gasteiger charge is 2.14. The monoisotopic (exact) mass is 362 g/mol. The fraction of sp³-hybridized carbons (Fsp3) is 0.125. The molecule has 5 heteroatoms. The van der Waals surface area contributed by atoms with Crippen LogP contribution in [0, 0.1) is 13.8 Å². The van der Waals surface area contributed by atoms with Gasteiger partial charge in [-0.25, -0.2) is 0 Å². The summed E-state index contributed by atoms with van der Waals surface area (Å²) in [6, 6.07) is 11.1. The van der Waals surface area contributed by atoms with Crippen molar-refractivity contribution in [1.82, 2.24) is 0 Å². The molecule has 0 unspecified atom stereocenters. The van der Waals surface area contributed by atoms with Crippen molar-refractivity contribution in [3.8, 4) is 0 Å². The molecule has 2 aromatic rings. The summed E-state index contributed by atoms with van der Waals surface area (Å²) in [6.45, 7) is 3.88. The first kappa shape index (κ1) is 15.7. The van der Waals surface area contributed by atoms with E-state index in [1.54, 1.807) is 12.1 Å². The number of nitrogens with two attached hydrogens (primary N) is 1. The molecule has 0 aliphatic rings. The van der Waals surface area contributed by atoms with Crippen LogP contribution in [0.2, 0.25) is 0 Å². The second-order valence-corrected chi connectivity index (χ2v) is 6.09. The predicted octanol–water partition coefficient (Wildman–Crippen LogP) is 3.95. The lowest BCUT2D eigenvalue weighted by Gasteiger charge is -2.13. The van der Waals surface area contributed by atoms with Gasteiger partial charge in [0.05, 0.1) is 11.3 Å². The summed E-state index contributed by atoms with van der Waals surface area (Å²) in [5.41, 5.74) is 9.65. The van der Waals surface area contributed by atoms with Gasteiger partial charge in [-0.2, -0.15) is 0 Å². The van der Waals surface area contributed by atoms with Crippen LogP contribution in [-0.2, 0) is 0 Å². The van der Waals surface area contributed by atoms with E-state index < -0.39 is 0 Å². The van der Waals surface area contributed by atoms with Gasteiger partial charge in [0, 0.05) is 10.0 Å². The highest BCUT2D eigenvalue weighted by atomic mass is 79.9. The molecule has 0 aromatic heterocycles. The Morgan fingerprint density at radius 2 is 1.95 bits per heavy atom. The van der Waals surface area contributed by atoms with Crippen molar-refractivity contribution < 1.29 is 4.79 Å². The zero-order valence-corrected chi connectivity index (χ0v) is 14.1. The van der Waals surface area contributed by atoms with Crippen LogP contribution < -0.4 is 11.1 Å². The number of rotatable bonds is 3. The highest BCUT2D eigenvalue weighted by Crippen LogP contribution is 2.23. The number of aryl methyl sites for hydroxylation is 2. The minimum absolute atomic E-state index is 0.204. The second kappa shape index (κ2) is 6.37. The lowest BCUT2D eigenvalue weighted by atomic mass is 10.1. The van der Waals surface area contributed by atoms with Crippen LogP contribution in [-0.4, -0.2) is 10.9 Å². The molecule has 2 rings (SSSR count). The smallest absolute Gasteiger partial charge is 0.256 e. The number of hydrogen-bond acceptors (Lipinski definition) is 2. The van der Waals surface area contributed by atoms with Gasteiger partial charge >= 0.3 is 0 Å². The van der Waals surface area contributed by atoms with Crippen molar-refractivity contribution in [3.63, 3.8) is 0 Å². The third-order valence-corrected chi connectivity index (χ3v) is 4.00. The summed E-state index contributed by atoms with van der Waals surface area (Å²) in [4.78, 5) is 12.7. The van der Waals surface area contributed by atoms with Gasteiger partial charge in [-0.1, -0.05) is 30.4 Å². The molecule has 0 spiro atoms. The lowest BCUT2D eigenvalue weighted by molar-refractivity contribution is 0.102. The molecule has 3 nitrogen and oxygen atoms in total. The van der Waals surface area contributed by atoms with E-state index in [1.807, 2.05) is 38.1 Å². The van der Waals surface area contributed by atoms with Crippen LogP contribution in [0.5, 0.6) is 0 Å². The van der Waals surface area contributed by atoms with Gasteiger partial charge in [-0.05, 0) is 59.1 Å². The normalized spacial score (nSPS) is 10.2. The van der Waals surface area contributed by atoms with Gasteiger partial charge in [-0.3, -0.25) is 4.79 Å². The lowest BCUT2D eigenvalue weighted by Crippen LogP contribution is -2.19. The van der Waals surface area contributed by atoms with Crippen LogP contribution >= 0.6 is 28.1 Å². The van der Waals surface area contributed by atoms with E-state index in [4.69, 9.17) is 18.0 Å². The van der Waals surface area contributed by atoms with Gasteiger partial charge in [-0.15, -0.1) is 0 Å². The van der Waals surface area contributed by atoms with Crippen molar-refractivity contribution in [2.45, 2.75) is 13.8 Å². The minimum Gasteiger partial charge on any atom is -0.389 e. The molecule has 1 amide bonds. The summed E-state index contributed by atoms with van der Waals surface area (Å²) in [5, 5.41) is 2.87. The third kappa shape index (κ3) is 3.49. The number of amides is 1. The number of carbonyl (C=O) groups is 1. The molecule has 2 aromatic carbocycles. The Morgan fingerprint density at radius 1 is 1.24 bits per heavy atom. The number of benzene rings is 2.